The normalized spacial score (nSPS) is 21.7. The summed E-state index contributed by atoms with van der Waals surface area (Å²) in [6, 6.07) is 6.11. The third-order valence-corrected chi connectivity index (χ3v) is 3.81. The predicted molar refractivity (Wildman–Crippen MR) is 76.9 cm³/mol. The first-order chi connectivity index (χ1) is 9.13. The third-order valence-electron chi connectivity index (χ3n) is 3.81. The van der Waals surface area contributed by atoms with Gasteiger partial charge in [-0.1, -0.05) is 12.1 Å². The molecular weight excluding hydrogens is 238 g/mol. The van der Waals surface area contributed by atoms with Gasteiger partial charge in [0.2, 0.25) is 0 Å². The summed E-state index contributed by atoms with van der Waals surface area (Å²) in [7, 11) is 2.13. The number of carbonyl (C=O) groups is 1. The molecule has 0 aromatic heterocycles. The number of carbonyl (C=O) groups excluding carboxylic acids is 1. The Bertz CT molecular complexity index is 542. The molecule has 0 atom stereocenters. The Morgan fingerprint density at radius 1 is 1.21 bits per heavy atom. The van der Waals surface area contributed by atoms with Crippen molar-refractivity contribution in [2.75, 3.05) is 38.5 Å². The van der Waals surface area contributed by atoms with Crippen molar-refractivity contribution in [2.45, 2.75) is 6.92 Å². The number of hydrogen-bond acceptors (Lipinski definition) is 3. The minimum absolute atomic E-state index is 0.0135. The second-order valence-electron chi connectivity index (χ2n) is 5.39. The van der Waals surface area contributed by atoms with Crippen LogP contribution in [-0.4, -0.2) is 48.9 Å². The largest absolute Gasteiger partial charge is 0.374 e. The van der Waals surface area contributed by atoms with Gasteiger partial charge >= 0.3 is 0 Å². The van der Waals surface area contributed by atoms with Crippen molar-refractivity contribution in [3.63, 3.8) is 0 Å². The molecule has 2 heterocycles. The molecule has 4 nitrogen and oxygen atoms in total. The maximum atomic E-state index is 12.1. The quantitative estimate of drug-likeness (QED) is 0.775. The Kier molecular flexibility index (Phi) is 3.03. The summed E-state index contributed by atoms with van der Waals surface area (Å²) in [5.74, 6) is 0.0135. The first kappa shape index (κ1) is 12.2. The van der Waals surface area contributed by atoms with E-state index in [1.165, 1.54) is 5.56 Å². The summed E-state index contributed by atoms with van der Waals surface area (Å²) in [6.07, 6.45) is 2.02. The van der Waals surface area contributed by atoms with Gasteiger partial charge in [-0.2, -0.15) is 0 Å². The third kappa shape index (κ3) is 2.36. The summed E-state index contributed by atoms with van der Waals surface area (Å²) in [5, 5.41) is 2.94. The highest BCUT2D eigenvalue weighted by molar-refractivity contribution is 6.31. The van der Waals surface area contributed by atoms with Crippen LogP contribution in [0.4, 0.5) is 5.69 Å². The summed E-state index contributed by atoms with van der Waals surface area (Å²) < 4.78 is 0. The van der Waals surface area contributed by atoms with Gasteiger partial charge in [0.05, 0.1) is 5.57 Å². The number of rotatable bonds is 1. The number of fused-ring (bicyclic) bond motifs is 1. The van der Waals surface area contributed by atoms with E-state index in [-0.39, 0.29) is 5.91 Å². The molecule has 2 aliphatic heterocycles. The van der Waals surface area contributed by atoms with Crippen LogP contribution in [0.1, 0.15) is 11.1 Å². The Morgan fingerprint density at radius 2 is 1.95 bits per heavy atom. The molecule has 0 bridgehead atoms. The van der Waals surface area contributed by atoms with E-state index >= 15 is 0 Å². The van der Waals surface area contributed by atoms with Crippen LogP contribution in [0.2, 0.25) is 0 Å². The number of hydrogen-bond donors (Lipinski definition) is 1. The fourth-order valence-corrected chi connectivity index (χ4v) is 2.57. The number of benzene rings is 1. The van der Waals surface area contributed by atoms with Gasteiger partial charge in [0.1, 0.15) is 0 Å². The van der Waals surface area contributed by atoms with Crippen molar-refractivity contribution >= 4 is 17.2 Å². The molecule has 0 unspecified atom stereocenters. The average molecular weight is 257 g/mol. The van der Waals surface area contributed by atoms with Gasteiger partial charge in [-0.3, -0.25) is 4.79 Å². The molecule has 2 aliphatic rings. The van der Waals surface area contributed by atoms with E-state index in [1.54, 1.807) is 0 Å². The highest BCUT2D eigenvalue weighted by Crippen LogP contribution is 2.32. The van der Waals surface area contributed by atoms with E-state index in [9.17, 15) is 4.79 Å². The molecule has 100 valence electrons. The second kappa shape index (κ2) is 4.70. The number of nitrogens with zero attached hydrogens (tertiary/aromatic N) is 2. The Hall–Kier alpha value is -1.81. The van der Waals surface area contributed by atoms with Gasteiger partial charge in [-0.25, -0.2) is 0 Å². The van der Waals surface area contributed by atoms with E-state index in [1.807, 2.05) is 25.3 Å². The van der Waals surface area contributed by atoms with Crippen molar-refractivity contribution in [3.05, 3.63) is 35.5 Å². The van der Waals surface area contributed by atoms with E-state index in [4.69, 9.17) is 0 Å². The van der Waals surface area contributed by atoms with Crippen LogP contribution in [-0.2, 0) is 4.79 Å². The van der Waals surface area contributed by atoms with Crippen LogP contribution in [0.25, 0.3) is 5.57 Å². The van der Waals surface area contributed by atoms with E-state index in [2.05, 4.69) is 28.2 Å². The number of anilines is 1. The smallest absolute Gasteiger partial charge is 0.257 e. The van der Waals surface area contributed by atoms with Gasteiger partial charge in [0.25, 0.3) is 5.91 Å². The molecule has 3 rings (SSSR count). The minimum atomic E-state index is 0.0135. The lowest BCUT2D eigenvalue weighted by molar-refractivity contribution is -0.110. The average Bonchev–Trinajstić information content (AvgIpc) is 2.68. The van der Waals surface area contributed by atoms with Crippen molar-refractivity contribution in [2.24, 2.45) is 0 Å². The molecule has 1 aromatic rings. The lowest BCUT2D eigenvalue weighted by atomic mass is 10.1. The first-order valence-electron chi connectivity index (χ1n) is 6.70. The zero-order valence-corrected chi connectivity index (χ0v) is 11.4. The van der Waals surface area contributed by atoms with Crippen molar-refractivity contribution in [1.82, 2.24) is 9.80 Å². The van der Waals surface area contributed by atoms with E-state index in [0.717, 1.165) is 43.0 Å². The predicted octanol–water partition coefficient (Wildman–Crippen LogP) is 1.54. The molecule has 1 aromatic carbocycles. The highest BCUT2D eigenvalue weighted by atomic mass is 16.2. The molecule has 1 amide bonds. The maximum Gasteiger partial charge on any atom is 0.257 e. The van der Waals surface area contributed by atoms with E-state index < -0.39 is 0 Å². The lowest BCUT2D eigenvalue weighted by Crippen LogP contribution is -2.42. The summed E-state index contributed by atoms with van der Waals surface area (Å²) in [6.45, 7) is 6.09. The highest BCUT2D eigenvalue weighted by Gasteiger charge is 2.25. The molecule has 0 radical (unpaired) electrons. The molecular formula is C15H19N3O. The number of piperazine rings is 1. The van der Waals surface area contributed by atoms with Gasteiger partial charge in [-0.05, 0) is 25.6 Å². The molecule has 19 heavy (non-hydrogen) atoms. The number of amides is 1. The van der Waals surface area contributed by atoms with Crippen LogP contribution in [0, 0.1) is 6.92 Å². The minimum Gasteiger partial charge on any atom is -0.374 e. The van der Waals surface area contributed by atoms with Gasteiger partial charge in [0.15, 0.2) is 0 Å². The first-order valence-corrected chi connectivity index (χ1v) is 6.70. The van der Waals surface area contributed by atoms with Crippen LogP contribution in [0.5, 0.6) is 0 Å². The number of nitrogens with one attached hydrogen (secondary N) is 1. The molecule has 0 aliphatic carbocycles. The van der Waals surface area contributed by atoms with Crippen molar-refractivity contribution in [1.29, 1.82) is 0 Å². The lowest BCUT2D eigenvalue weighted by Gasteiger charge is -2.31. The van der Waals surface area contributed by atoms with Gasteiger partial charge in [0, 0.05) is 43.6 Å². The molecule has 0 spiro atoms. The monoisotopic (exact) mass is 257 g/mol. The topological polar surface area (TPSA) is 35.6 Å². The standard InChI is InChI=1S/C15H19N3O/c1-11-3-4-12-13(15(19)16-14(12)9-11)10-18-7-5-17(2)6-8-18/h3-4,9-10H,5-8H2,1-2H3,(H,16,19)/b13-10+. The van der Waals surface area contributed by atoms with Gasteiger partial charge < -0.3 is 15.1 Å². The number of aryl methyl sites for hydroxylation is 1. The summed E-state index contributed by atoms with van der Waals surface area (Å²) >= 11 is 0. The van der Waals surface area contributed by atoms with Crippen LogP contribution < -0.4 is 5.32 Å². The fraction of sp³-hybridized carbons (Fsp3) is 0.400. The summed E-state index contributed by atoms with van der Waals surface area (Å²) in [4.78, 5) is 16.6. The zero-order chi connectivity index (χ0) is 13.4. The van der Waals surface area contributed by atoms with Crippen LogP contribution in [0.3, 0.4) is 0 Å². The Labute approximate surface area is 113 Å². The maximum absolute atomic E-state index is 12.1. The SMILES string of the molecule is Cc1ccc2c(c1)NC(=O)/C2=C/N1CCN(C)CC1. The Morgan fingerprint density at radius 3 is 2.68 bits per heavy atom. The number of likely N-dealkylation sites (N-methyl/N-ethyl adjacent to an activating group) is 1. The van der Waals surface area contributed by atoms with Crippen LogP contribution in [0.15, 0.2) is 24.4 Å². The van der Waals surface area contributed by atoms with Crippen molar-refractivity contribution in [3.8, 4) is 0 Å². The molecule has 1 N–H and O–H groups in total. The van der Waals surface area contributed by atoms with E-state index in [0.29, 0.717) is 0 Å². The second-order valence-corrected chi connectivity index (χ2v) is 5.39. The molecule has 0 saturated carbocycles. The Balaban J connectivity index is 1.87. The molecule has 4 heteroatoms. The summed E-state index contributed by atoms with van der Waals surface area (Å²) in [5.41, 5.74) is 3.92. The zero-order valence-electron chi connectivity index (χ0n) is 11.4. The van der Waals surface area contributed by atoms with Crippen molar-refractivity contribution < 1.29 is 4.79 Å². The molecule has 1 saturated heterocycles. The molecule has 1 fully saturated rings. The van der Waals surface area contributed by atoms with Crippen LogP contribution >= 0.6 is 0 Å². The van der Waals surface area contributed by atoms with Gasteiger partial charge in [-0.15, -0.1) is 0 Å². The fourth-order valence-electron chi connectivity index (χ4n) is 2.57.